The fourth-order valence-corrected chi connectivity index (χ4v) is 2.67. The fourth-order valence-electron chi connectivity index (χ4n) is 2.67. The summed E-state index contributed by atoms with van der Waals surface area (Å²) < 4.78 is 5.09. The van der Waals surface area contributed by atoms with Crippen molar-refractivity contribution >= 4 is 27.8 Å². The zero-order valence-corrected chi connectivity index (χ0v) is 13.5. The standard InChI is InChI=1S/C19H17NO4/c1-10(2)19(23)24-9-12-7-14-16(15(21)8-12)18(22)13-6-4-5-11(3)17(13)20-14/h4-8,21H,1,9H2,2-3H3,(H,20,22). The molecule has 0 aliphatic rings. The van der Waals surface area contributed by atoms with Crippen molar-refractivity contribution in [3.8, 4) is 5.75 Å². The Kier molecular flexibility index (Phi) is 3.85. The molecule has 0 atom stereocenters. The lowest BCUT2D eigenvalue weighted by Gasteiger charge is -2.10. The van der Waals surface area contributed by atoms with Crippen LogP contribution in [0.3, 0.4) is 0 Å². The van der Waals surface area contributed by atoms with Crippen LogP contribution in [0.5, 0.6) is 5.75 Å². The first-order chi connectivity index (χ1) is 11.4. The number of carbonyl (C=O) groups excluding carboxylic acids is 1. The van der Waals surface area contributed by atoms with Crippen molar-refractivity contribution in [2.24, 2.45) is 0 Å². The highest BCUT2D eigenvalue weighted by Crippen LogP contribution is 2.26. The van der Waals surface area contributed by atoms with E-state index in [2.05, 4.69) is 11.6 Å². The average Bonchev–Trinajstić information content (AvgIpc) is 2.53. The van der Waals surface area contributed by atoms with Gasteiger partial charge in [0, 0.05) is 11.0 Å². The maximum absolute atomic E-state index is 12.7. The second-order valence-electron chi connectivity index (χ2n) is 5.85. The SMILES string of the molecule is C=C(C)C(=O)OCc1cc(O)c2c(=O)c3cccc(C)c3[nH]c2c1. The lowest BCUT2D eigenvalue weighted by Crippen LogP contribution is -2.07. The minimum absolute atomic E-state index is 0.0109. The number of nitrogens with one attached hydrogen (secondary N) is 1. The number of ether oxygens (including phenoxy) is 1. The summed E-state index contributed by atoms with van der Waals surface area (Å²) >= 11 is 0. The number of hydrogen-bond acceptors (Lipinski definition) is 4. The second-order valence-corrected chi connectivity index (χ2v) is 5.85. The molecule has 1 aromatic heterocycles. The third kappa shape index (κ3) is 2.65. The number of hydrogen-bond donors (Lipinski definition) is 2. The molecule has 0 spiro atoms. The predicted molar refractivity (Wildman–Crippen MR) is 93.1 cm³/mol. The summed E-state index contributed by atoms with van der Waals surface area (Å²) in [6.45, 7) is 6.98. The predicted octanol–water partition coefficient (Wildman–Crippen LogP) is 3.31. The van der Waals surface area contributed by atoms with Gasteiger partial charge in [-0.1, -0.05) is 18.7 Å². The van der Waals surface area contributed by atoms with Crippen molar-refractivity contribution in [1.29, 1.82) is 0 Å². The molecule has 0 unspecified atom stereocenters. The van der Waals surface area contributed by atoms with E-state index in [1.54, 1.807) is 25.1 Å². The first kappa shape index (κ1) is 15.8. The number of para-hydroxylation sites is 1. The summed E-state index contributed by atoms with van der Waals surface area (Å²) in [7, 11) is 0. The van der Waals surface area contributed by atoms with E-state index in [9.17, 15) is 14.7 Å². The van der Waals surface area contributed by atoms with Crippen LogP contribution in [0.15, 0.2) is 47.3 Å². The Labute approximate surface area is 138 Å². The molecule has 0 aliphatic heterocycles. The zero-order chi connectivity index (χ0) is 17.4. The number of rotatable bonds is 3. The van der Waals surface area contributed by atoms with Crippen LogP contribution in [-0.2, 0) is 16.1 Å². The Bertz CT molecular complexity index is 1050. The number of H-pyrrole nitrogens is 1. The van der Waals surface area contributed by atoms with E-state index in [1.165, 1.54) is 6.07 Å². The van der Waals surface area contributed by atoms with E-state index in [-0.39, 0.29) is 23.2 Å². The van der Waals surface area contributed by atoms with Gasteiger partial charge in [0.05, 0.1) is 16.4 Å². The quantitative estimate of drug-likeness (QED) is 0.440. The van der Waals surface area contributed by atoms with E-state index in [0.29, 0.717) is 22.0 Å². The van der Waals surface area contributed by atoms with E-state index in [0.717, 1.165) is 11.1 Å². The smallest absolute Gasteiger partial charge is 0.333 e. The van der Waals surface area contributed by atoms with Gasteiger partial charge in [-0.3, -0.25) is 4.79 Å². The largest absolute Gasteiger partial charge is 0.507 e. The van der Waals surface area contributed by atoms with Crippen LogP contribution in [0.1, 0.15) is 18.1 Å². The highest BCUT2D eigenvalue weighted by atomic mass is 16.5. The van der Waals surface area contributed by atoms with Crippen molar-refractivity contribution in [3.05, 3.63) is 63.8 Å². The van der Waals surface area contributed by atoms with Gasteiger partial charge < -0.3 is 14.8 Å². The highest BCUT2D eigenvalue weighted by molar-refractivity contribution is 5.96. The number of pyridine rings is 1. The number of aromatic amines is 1. The number of aromatic nitrogens is 1. The molecule has 0 fully saturated rings. The molecule has 5 nitrogen and oxygen atoms in total. The average molecular weight is 323 g/mol. The third-order valence-electron chi connectivity index (χ3n) is 3.90. The molecular formula is C19H17NO4. The van der Waals surface area contributed by atoms with E-state index < -0.39 is 5.97 Å². The van der Waals surface area contributed by atoms with Gasteiger partial charge in [-0.05, 0) is 43.2 Å². The van der Waals surface area contributed by atoms with Crippen LogP contribution in [0.2, 0.25) is 0 Å². The van der Waals surface area contributed by atoms with Crippen LogP contribution >= 0.6 is 0 Å². The van der Waals surface area contributed by atoms with Gasteiger partial charge in [0.15, 0.2) is 0 Å². The molecule has 24 heavy (non-hydrogen) atoms. The first-order valence-electron chi connectivity index (χ1n) is 7.48. The summed E-state index contributed by atoms with van der Waals surface area (Å²) in [5, 5.41) is 11.0. The first-order valence-corrected chi connectivity index (χ1v) is 7.48. The summed E-state index contributed by atoms with van der Waals surface area (Å²) in [5.74, 6) is -0.643. The zero-order valence-electron chi connectivity index (χ0n) is 13.5. The number of carbonyl (C=O) groups is 1. The molecule has 1 heterocycles. The van der Waals surface area contributed by atoms with E-state index in [4.69, 9.17) is 4.74 Å². The lowest BCUT2D eigenvalue weighted by molar-refractivity contribution is -0.140. The van der Waals surface area contributed by atoms with Crippen LogP contribution in [0.4, 0.5) is 0 Å². The lowest BCUT2D eigenvalue weighted by atomic mass is 10.0. The van der Waals surface area contributed by atoms with E-state index >= 15 is 0 Å². The number of benzene rings is 2. The summed E-state index contributed by atoms with van der Waals surface area (Å²) in [6.07, 6.45) is 0. The molecule has 0 saturated heterocycles. The number of phenolic OH excluding ortho intramolecular Hbond substituents is 1. The summed E-state index contributed by atoms with van der Waals surface area (Å²) in [5.41, 5.74) is 2.82. The normalized spacial score (nSPS) is 10.9. The van der Waals surface area contributed by atoms with E-state index in [1.807, 2.05) is 13.0 Å². The van der Waals surface area contributed by atoms with Crippen LogP contribution in [-0.4, -0.2) is 16.1 Å². The third-order valence-corrected chi connectivity index (χ3v) is 3.90. The fraction of sp³-hybridized carbons (Fsp3) is 0.158. The van der Waals surface area contributed by atoms with Crippen LogP contribution in [0.25, 0.3) is 21.8 Å². The van der Waals surface area contributed by atoms with Crippen molar-refractivity contribution in [3.63, 3.8) is 0 Å². The van der Waals surface area contributed by atoms with Gasteiger partial charge in [0.1, 0.15) is 12.4 Å². The molecule has 3 aromatic rings. The van der Waals surface area contributed by atoms with Gasteiger partial charge in [0.2, 0.25) is 5.43 Å². The van der Waals surface area contributed by atoms with Gasteiger partial charge in [0.25, 0.3) is 0 Å². The van der Waals surface area contributed by atoms with Gasteiger partial charge in [-0.15, -0.1) is 0 Å². The molecule has 0 bridgehead atoms. The Hall–Kier alpha value is -3.08. The highest BCUT2D eigenvalue weighted by Gasteiger charge is 2.13. The molecular weight excluding hydrogens is 306 g/mol. The summed E-state index contributed by atoms with van der Waals surface area (Å²) in [4.78, 5) is 27.3. The summed E-state index contributed by atoms with van der Waals surface area (Å²) in [6, 6.07) is 8.57. The van der Waals surface area contributed by atoms with Crippen LogP contribution in [0, 0.1) is 6.92 Å². The van der Waals surface area contributed by atoms with Crippen molar-refractivity contribution < 1.29 is 14.6 Å². The molecule has 0 radical (unpaired) electrons. The number of aromatic hydroxyl groups is 1. The van der Waals surface area contributed by atoms with Crippen molar-refractivity contribution in [1.82, 2.24) is 4.98 Å². The molecule has 0 aliphatic carbocycles. The van der Waals surface area contributed by atoms with Gasteiger partial charge in [-0.25, -0.2) is 4.79 Å². The molecule has 2 N–H and O–H groups in total. The number of phenols is 1. The van der Waals surface area contributed by atoms with Gasteiger partial charge >= 0.3 is 5.97 Å². The van der Waals surface area contributed by atoms with Gasteiger partial charge in [-0.2, -0.15) is 0 Å². The number of fused-ring (bicyclic) bond motifs is 2. The number of aryl methyl sites for hydroxylation is 1. The Morgan fingerprint density at radius 2 is 2.08 bits per heavy atom. The van der Waals surface area contributed by atoms with Crippen LogP contribution < -0.4 is 5.43 Å². The molecule has 0 amide bonds. The molecule has 122 valence electrons. The minimum atomic E-state index is -0.502. The minimum Gasteiger partial charge on any atom is -0.507 e. The Morgan fingerprint density at radius 3 is 2.79 bits per heavy atom. The molecule has 0 saturated carbocycles. The monoisotopic (exact) mass is 323 g/mol. The number of esters is 1. The maximum atomic E-state index is 12.7. The topological polar surface area (TPSA) is 79.4 Å². The second kappa shape index (κ2) is 5.85. The van der Waals surface area contributed by atoms with Crippen molar-refractivity contribution in [2.75, 3.05) is 0 Å². The van der Waals surface area contributed by atoms with Crippen molar-refractivity contribution in [2.45, 2.75) is 20.5 Å². The maximum Gasteiger partial charge on any atom is 0.333 e. The molecule has 5 heteroatoms. The Balaban J connectivity index is 2.15. The Morgan fingerprint density at radius 1 is 1.33 bits per heavy atom. The molecule has 3 rings (SSSR count). The molecule has 2 aromatic carbocycles.